The average Bonchev–Trinajstić information content (AvgIpc) is 2.38. The molecule has 110 valence electrons. The van der Waals surface area contributed by atoms with E-state index in [0.29, 0.717) is 19.7 Å². The van der Waals surface area contributed by atoms with E-state index in [4.69, 9.17) is 9.84 Å². The number of ether oxygens (including phenoxy) is 2. The average molecular weight is 276 g/mol. The van der Waals surface area contributed by atoms with Crippen molar-refractivity contribution in [1.82, 2.24) is 10.2 Å². The summed E-state index contributed by atoms with van der Waals surface area (Å²) in [6, 6.07) is -1.87. The summed E-state index contributed by atoms with van der Waals surface area (Å²) in [7, 11) is 2.66. The van der Waals surface area contributed by atoms with Gasteiger partial charge in [-0.15, -0.1) is 0 Å². The first-order valence-corrected chi connectivity index (χ1v) is 5.80. The van der Waals surface area contributed by atoms with Crippen molar-refractivity contribution in [3.8, 4) is 0 Å². The molecule has 0 unspecified atom stereocenters. The third kappa shape index (κ3) is 6.61. The maximum absolute atomic E-state index is 11.8. The van der Waals surface area contributed by atoms with E-state index in [1.165, 1.54) is 12.0 Å². The first-order valence-electron chi connectivity index (χ1n) is 5.80. The molecule has 0 aromatic heterocycles. The van der Waals surface area contributed by atoms with Crippen molar-refractivity contribution in [2.24, 2.45) is 0 Å². The Morgan fingerprint density at radius 3 is 2.37 bits per heavy atom. The molecule has 0 radical (unpaired) electrons. The van der Waals surface area contributed by atoms with Gasteiger partial charge in [0.05, 0.1) is 20.1 Å². The second-order valence-corrected chi connectivity index (χ2v) is 3.69. The van der Waals surface area contributed by atoms with E-state index in [0.717, 1.165) is 7.11 Å². The lowest BCUT2D eigenvalue weighted by Crippen LogP contribution is -2.49. The summed E-state index contributed by atoms with van der Waals surface area (Å²) in [6.07, 6.45) is -0.417. The third-order valence-corrected chi connectivity index (χ3v) is 2.43. The third-order valence-electron chi connectivity index (χ3n) is 2.43. The molecular weight excluding hydrogens is 256 g/mol. The lowest BCUT2D eigenvalue weighted by atomic mass is 10.2. The molecule has 0 fully saturated rings. The Labute approximate surface area is 111 Å². The van der Waals surface area contributed by atoms with Gasteiger partial charge in [0.2, 0.25) is 0 Å². The molecule has 0 heterocycles. The molecule has 0 rings (SSSR count). The van der Waals surface area contributed by atoms with Crippen LogP contribution in [0.3, 0.4) is 0 Å². The summed E-state index contributed by atoms with van der Waals surface area (Å²) in [5.74, 6) is -1.99. The van der Waals surface area contributed by atoms with Gasteiger partial charge in [-0.05, 0) is 6.92 Å². The summed E-state index contributed by atoms with van der Waals surface area (Å²) in [6.45, 7) is 2.84. The molecule has 19 heavy (non-hydrogen) atoms. The van der Waals surface area contributed by atoms with E-state index in [1.807, 2.05) is 0 Å². The van der Waals surface area contributed by atoms with E-state index in [2.05, 4.69) is 10.1 Å². The Morgan fingerprint density at radius 1 is 1.32 bits per heavy atom. The van der Waals surface area contributed by atoms with E-state index >= 15 is 0 Å². The number of hydrogen-bond acceptors (Lipinski definition) is 5. The number of esters is 1. The Hall–Kier alpha value is -1.83. The second kappa shape index (κ2) is 9.15. The number of likely N-dealkylation sites (N-methyl/N-ethyl adjacent to an activating group) is 1. The van der Waals surface area contributed by atoms with Crippen molar-refractivity contribution in [1.29, 1.82) is 0 Å². The maximum atomic E-state index is 11.8. The van der Waals surface area contributed by atoms with Gasteiger partial charge in [-0.1, -0.05) is 0 Å². The fourth-order valence-electron chi connectivity index (χ4n) is 1.30. The molecule has 8 heteroatoms. The molecule has 0 aliphatic rings. The van der Waals surface area contributed by atoms with Crippen molar-refractivity contribution in [2.75, 3.05) is 33.9 Å². The fraction of sp³-hybridized carbons (Fsp3) is 0.727. The van der Waals surface area contributed by atoms with Gasteiger partial charge in [0.25, 0.3) is 0 Å². The van der Waals surface area contributed by atoms with Gasteiger partial charge in [0.1, 0.15) is 6.04 Å². The Balaban J connectivity index is 4.51. The largest absolute Gasteiger partial charge is 0.480 e. The molecule has 0 spiro atoms. The highest BCUT2D eigenvalue weighted by Crippen LogP contribution is 1.98. The molecule has 0 aliphatic heterocycles. The number of methoxy groups -OCH3 is 2. The van der Waals surface area contributed by atoms with Crippen molar-refractivity contribution in [2.45, 2.75) is 19.4 Å². The van der Waals surface area contributed by atoms with Crippen LogP contribution in [0.4, 0.5) is 4.79 Å². The van der Waals surface area contributed by atoms with E-state index in [-0.39, 0.29) is 0 Å². The number of aliphatic carboxylic acids is 1. The molecule has 2 amide bonds. The molecule has 0 aromatic carbocycles. The van der Waals surface area contributed by atoms with E-state index < -0.39 is 30.4 Å². The number of urea groups is 1. The van der Waals surface area contributed by atoms with Crippen LogP contribution in [0.15, 0.2) is 0 Å². The lowest BCUT2D eigenvalue weighted by Gasteiger charge is -2.23. The molecule has 0 saturated carbocycles. The minimum atomic E-state index is -1.31. The van der Waals surface area contributed by atoms with Crippen molar-refractivity contribution in [3.05, 3.63) is 0 Å². The van der Waals surface area contributed by atoms with Crippen LogP contribution in [-0.2, 0) is 19.1 Å². The zero-order chi connectivity index (χ0) is 14.8. The van der Waals surface area contributed by atoms with Crippen molar-refractivity contribution >= 4 is 18.0 Å². The number of carboxylic acids is 1. The topological polar surface area (TPSA) is 105 Å². The summed E-state index contributed by atoms with van der Waals surface area (Å²) >= 11 is 0. The number of carboxylic acid groups (broad SMARTS) is 1. The molecule has 0 aromatic rings. The summed E-state index contributed by atoms with van der Waals surface area (Å²) < 4.78 is 9.22. The van der Waals surface area contributed by atoms with Crippen LogP contribution in [0.25, 0.3) is 0 Å². The monoisotopic (exact) mass is 276 g/mol. The first kappa shape index (κ1) is 17.2. The highest BCUT2D eigenvalue weighted by molar-refractivity contribution is 5.86. The standard InChI is InChI=1S/C11H20N2O6/c1-4-13(5-6-18-2)11(17)12-8(10(15)16)7-9(14)19-3/h8H,4-7H2,1-3H3,(H,12,17)(H,15,16)/t8-/m0/s1. The quantitative estimate of drug-likeness (QED) is 0.589. The Kier molecular flexibility index (Phi) is 8.27. The SMILES string of the molecule is CCN(CCOC)C(=O)N[C@@H](CC(=O)OC)C(=O)O. The summed E-state index contributed by atoms with van der Waals surface area (Å²) in [5, 5.41) is 11.2. The van der Waals surface area contributed by atoms with E-state index in [9.17, 15) is 14.4 Å². The predicted molar refractivity (Wildman–Crippen MR) is 65.7 cm³/mol. The molecule has 0 saturated heterocycles. The Morgan fingerprint density at radius 2 is 1.95 bits per heavy atom. The van der Waals surface area contributed by atoms with Gasteiger partial charge in [0, 0.05) is 20.2 Å². The number of rotatable bonds is 8. The van der Waals surface area contributed by atoms with Gasteiger partial charge in [-0.25, -0.2) is 9.59 Å². The van der Waals surface area contributed by atoms with Gasteiger partial charge in [0.15, 0.2) is 0 Å². The van der Waals surface area contributed by atoms with Gasteiger partial charge < -0.3 is 24.8 Å². The van der Waals surface area contributed by atoms with Crippen LogP contribution in [0, 0.1) is 0 Å². The highest BCUT2D eigenvalue weighted by atomic mass is 16.5. The maximum Gasteiger partial charge on any atom is 0.326 e. The molecule has 1 atom stereocenters. The number of hydrogen-bond donors (Lipinski definition) is 2. The zero-order valence-corrected chi connectivity index (χ0v) is 11.3. The molecule has 0 bridgehead atoms. The summed E-state index contributed by atoms with van der Waals surface area (Å²) in [5.41, 5.74) is 0. The van der Waals surface area contributed by atoms with Crippen LogP contribution >= 0.6 is 0 Å². The van der Waals surface area contributed by atoms with Gasteiger partial charge >= 0.3 is 18.0 Å². The minimum Gasteiger partial charge on any atom is -0.480 e. The van der Waals surface area contributed by atoms with Crippen LogP contribution < -0.4 is 5.32 Å². The number of nitrogens with zero attached hydrogens (tertiary/aromatic N) is 1. The number of amides is 2. The number of nitrogens with one attached hydrogen (secondary N) is 1. The van der Waals surface area contributed by atoms with Crippen LogP contribution in [-0.4, -0.2) is 67.9 Å². The van der Waals surface area contributed by atoms with Gasteiger partial charge in [-0.3, -0.25) is 4.79 Å². The van der Waals surface area contributed by atoms with Crippen LogP contribution in [0.2, 0.25) is 0 Å². The predicted octanol–water partition coefficient (Wildman–Crippen LogP) is -0.319. The zero-order valence-electron chi connectivity index (χ0n) is 11.3. The Bertz CT molecular complexity index is 320. The number of carbonyl (C=O) groups excluding carboxylic acids is 2. The second-order valence-electron chi connectivity index (χ2n) is 3.69. The molecular formula is C11H20N2O6. The normalized spacial score (nSPS) is 11.5. The first-order chi connectivity index (χ1) is 8.96. The number of carbonyl (C=O) groups is 3. The van der Waals surface area contributed by atoms with E-state index in [1.54, 1.807) is 6.92 Å². The highest BCUT2D eigenvalue weighted by Gasteiger charge is 2.25. The molecule has 2 N–H and O–H groups in total. The lowest BCUT2D eigenvalue weighted by molar-refractivity contribution is -0.147. The van der Waals surface area contributed by atoms with Crippen LogP contribution in [0.5, 0.6) is 0 Å². The molecule has 0 aliphatic carbocycles. The smallest absolute Gasteiger partial charge is 0.326 e. The fourth-order valence-corrected chi connectivity index (χ4v) is 1.30. The van der Waals surface area contributed by atoms with Crippen molar-refractivity contribution < 1.29 is 29.0 Å². The molecule has 8 nitrogen and oxygen atoms in total. The van der Waals surface area contributed by atoms with Crippen molar-refractivity contribution in [3.63, 3.8) is 0 Å². The van der Waals surface area contributed by atoms with Crippen LogP contribution in [0.1, 0.15) is 13.3 Å². The summed E-state index contributed by atoms with van der Waals surface area (Å²) in [4.78, 5) is 35.2. The minimum absolute atomic E-state index is 0.337. The van der Waals surface area contributed by atoms with Gasteiger partial charge in [-0.2, -0.15) is 0 Å².